The van der Waals surface area contributed by atoms with Crippen LogP contribution in [0.3, 0.4) is 0 Å². The molecule has 0 aliphatic carbocycles. The van der Waals surface area contributed by atoms with Crippen molar-refractivity contribution in [2.75, 3.05) is 5.01 Å². The van der Waals surface area contributed by atoms with Crippen LogP contribution in [0.25, 0.3) is 0 Å². The zero-order valence-electron chi connectivity index (χ0n) is 11.8. The molecule has 0 unspecified atom stereocenters. The number of hydrogen-bond donors (Lipinski definition) is 0. The second-order valence-corrected chi connectivity index (χ2v) is 4.98. The predicted octanol–water partition coefficient (Wildman–Crippen LogP) is 2.91. The lowest BCUT2D eigenvalue weighted by molar-refractivity contribution is 0.0975. The Morgan fingerprint density at radius 1 is 1.22 bits per heavy atom. The maximum absolute atomic E-state index is 12.8. The highest BCUT2D eigenvalue weighted by Crippen LogP contribution is 2.19. The van der Waals surface area contributed by atoms with Gasteiger partial charge >= 0.3 is 0 Å². The summed E-state index contributed by atoms with van der Waals surface area (Å²) < 4.78 is 1.55. The van der Waals surface area contributed by atoms with Crippen molar-refractivity contribution in [1.82, 2.24) is 14.6 Å². The summed E-state index contributed by atoms with van der Waals surface area (Å²) in [5.41, 5.74) is 1.49. The summed E-state index contributed by atoms with van der Waals surface area (Å²) in [6.45, 7) is 0. The maximum atomic E-state index is 12.8. The number of carbonyl (C=O) groups is 1. The minimum absolute atomic E-state index is 0.295. The molecule has 0 spiro atoms. The predicted molar refractivity (Wildman–Crippen MR) is 84.8 cm³/mol. The van der Waals surface area contributed by atoms with Crippen LogP contribution in [0.2, 0.25) is 5.15 Å². The summed E-state index contributed by atoms with van der Waals surface area (Å²) in [6.07, 6.45) is 6.15. The Morgan fingerprint density at radius 2 is 2.00 bits per heavy atom. The molecule has 0 fully saturated rings. The van der Waals surface area contributed by atoms with Gasteiger partial charge in [0, 0.05) is 18.6 Å². The van der Waals surface area contributed by atoms with Gasteiger partial charge in [-0.25, -0.2) is 19.7 Å². The van der Waals surface area contributed by atoms with Gasteiger partial charge in [0.25, 0.3) is 5.91 Å². The first kappa shape index (κ1) is 14.8. The summed E-state index contributed by atoms with van der Waals surface area (Å²) in [7, 11) is 0. The summed E-state index contributed by atoms with van der Waals surface area (Å²) >= 11 is 5.76. The van der Waals surface area contributed by atoms with Gasteiger partial charge in [-0.2, -0.15) is 5.26 Å². The average Bonchev–Trinajstić information content (AvgIpc) is 3.10. The molecule has 3 aromatic rings. The topological polar surface area (TPSA) is 74.8 Å². The summed E-state index contributed by atoms with van der Waals surface area (Å²) in [4.78, 5) is 20.7. The van der Waals surface area contributed by atoms with Crippen LogP contribution in [0.4, 0.5) is 5.69 Å². The van der Waals surface area contributed by atoms with E-state index in [2.05, 4.69) is 9.97 Å². The highest BCUT2D eigenvalue weighted by Gasteiger charge is 2.20. The number of benzene rings is 1. The SMILES string of the molecule is N#Cc1ccc(N(C(=O)c2ccc(Cl)nc2)n2ccnc2)cc1. The van der Waals surface area contributed by atoms with Gasteiger partial charge in [0.1, 0.15) is 11.5 Å². The van der Waals surface area contributed by atoms with Crippen LogP contribution in [-0.2, 0) is 0 Å². The molecule has 0 N–H and O–H groups in total. The molecule has 7 heteroatoms. The van der Waals surface area contributed by atoms with E-state index in [1.54, 1.807) is 53.5 Å². The highest BCUT2D eigenvalue weighted by molar-refractivity contribution is 6.29. The quantitative estimate of drug-likeness (QED) is 0.694. The van der Waals surface area contributed by atoms with Crippen LogP contribution in [0.5, 0.6) is 0 Å². The number of halogens is 1. The first-order valence-electron chi connectivity index (χ1n) is 6.63. The van der Waals surface area contributed by atoms with Gasteiger partial charge < -0.3 is 0 Å². The smallest absolute Gasteiger partial charge is 0.267 e. The lowest BCUT2D eigenvalue weighted by Crippen LogP contribution is -2.35. The Morgan fingerprint density at radius 3 is 2.57 bits per heavy atom. The number of hydrogen-bond acceptors (Lipinski definition) is 4. The minimum Gasteiger partial charge on any atom is -0.267 e. The van der Waals surface area contributed by atoms with Crippen molar-refractivity contribution in [1.29, 1.82) is 5.26 Å². The third kappa shape index (κ3) is 3.05. The van der Waals surface area contributed by atoms with E-state index in [9.17, 15) is 4.79 Å². The fourth-order valence-corrected chi connectivity index (χ4v) is 2.14. The third-order valence-corrected chi connectivity index (χ3v) is 3.35. The van der Waals surface area contributed by atoms with Crippen LogP contribution in [0.15, 0.2) is 61.3 Å². The Balaban J connectivity index is 2.03. The molecule has 0 aliphatic rings. The number of nitrogens with zero attached hydrogens (tertiary/aromatic N) is 5. The van der Waals surface area contributed by atoms with Gasteiger partial charge in [-0.1, -0.05) is 11.6 Å². The van der Waals surface area contributed by atoms with Crippen LogP contribution < -0.4 is 5.01 Å². The molecule has 2 aromatic heterocycles. The molecule has 0 saturated heterocycles. The molecule has 0 aliphatic heterocycles. The third-order valence-electron chi connectivity index (χ3n) is 3.13. The van der Waals surface area contributed by atoms with Crippen LogP contribution in [-0.4, -0.2) is 20.6 Å². The van der Waals surface area contributed by atoms with E-state index in [0.29, 0.717) is 22.0 Å². The molecule has 6 nitrogen and oxygen atoms in total. The number of amides is 1. The molecule has 0 bridgehead atoms. The van der Waals surface area contributed by atoms with Crippen molar-refractivity contribution >= 4 is 23.2 Å². The van der Waals surface area contributed by atoms with Crippen molar-refractivity contribution in [3.8, 4) is 6.07 Å². The van der Waals surface area contributed by atoms with Gasteiger partial charge in [-0.15, -0.1) is 0 Å². The first-order valence-corrected chi connectivity index (χ1v) is 7.01. The zero-order chi connectivity index (χ0) is 16.2. The van der Waals surface area contributed by atoms with Gasteiger partial charge in [0.2, 0.25) is 0 Å². The van der Waals surface area contributed by atoms with Crippen molar-refractivity contribution in [3.63, 3.8) is 0 Å². The fraction of sp³-hybridized carbons (Fsp3) is 0. The van der Waals surface area contributed by atoms with Crippen molar-refractivity contribution in [2.45, 2.75) is 0 Å². The largest absolute Gasteiger partial charge is 0.279 e. The minimum atomic E-state index is -0.295. The lowest BCUT2D eigenvalue weighted by Gasteiger charge is -2.23. The molecule has 112 valence electrons. The van der Waals surface area contributed by atoms with Gasteiger partial charge in [-0.05, 0) is 36.4 Å². The van der Waals surface area contributed by atoms with Crippen LogP contribution in [0.1, 0.15) is 15.9 Å². The van der Waals surface area contributed by atoms with E-state index in [0.717, 1.165) is 0 Å². The molecule has 3 rings (SSSR count). The zero-order valence-corrected chi connectivity index (χ0v) is 12.6. The number of imidazole rings is 1. The second-order valence-electron chi connectivity index (χ2n) is 4.59. The Labute approximate surface area is 137 Å². The van der Waals surface area contributed by atoms with E-state index >= 15 is 0 Å². The molecule has 1 aromatic carbocycles. The molecular formula is C16H10ClN5O. The van der Waals surface area contributed by atoms with Gasteiger partial charge in [-0.3, -0.25) is 4.79 Å². The molecule has 0 saturated carbocycles. The molecule has 0 radical (unpaired) electrons. The normalized spacial score (nSPS) is 10.1. The number of anilines is 1. The highest BCUT2D eigenvalue weighted by atomic mass is 35.5. The summed E-state index contributed by atoms with van der Waals surface area (Å²) in [5, 5.41) is 10.6. The fourth-order valence-electron chi connectivity index (χ4n) is 2.03. The number of rotatable bonds is 3. The Hall–Kier alpha value is -3.17. The maximum Gasteiger partial charge on any atom is 0.279 e. The van der Waals surface area contributed by atoms with Gasteiger partial charge in [0.15, 0.2) is 0 Å². The average molecular weight is 324 g/mol. The monoisotopic (exact) mass is 323 g/mol. The van der Waals surface area contributed by atoms with E-state index in [4.69, 9.17) is 16.9 Å². The standard InChI is InChI=1S/C16H10ClN5O/c17-15-6-3-13(10-20-15)16(23)22(21-8-7-19-11-21)14-4-1-12(9-18)2-5-14/h1-8,10-11H. The van der Waals surface area contributed by atoms with E-state index in [1.165, 1.54) is 17.5 Å². The second kappa shape index (κ2) is 6.30. The number of carbonyl (C=O) groups excluding carboxylic acids is 1. The van der Waals surface area contributed by atoms with E-state index < -0.39 is 0 Å². The van der Waals surface area contributed by atoms with Crippen molar-refractivity contribution in [2.24, 2.45) is 0 Å². The van der Waals surface area contributed by atoms with E-state index in [1.807, 2.05) is 6.07 Å². The molecular weight excluding hydrogens is 314 g/mol. The lowest BCUT2D eigenvalue weighted by atomic mass is 10.2. The molecule has 0 atom stereocenters. The first-order chi connectivity index (χ1) is 11.2. The summed E-state index contributed by atoms with van der Waals surface area (Å²) in [6, 6.07) is 11.9. The number of aromatic nitrogens is 3. The van der Waals surface area contributed by atoms with Crippen molar-refractivity contribution < 1.29 is 4.79 Å². The van der Waals surface area contributed by atoms with Crippen molar-refractivity contribution in [3.05, 3.63) is 77.6 Å². The van der Waals surface area contributed by atoms with Crippen LogP contribution >= 0.6 is 11.6 Å². The molecule has 23 heavy (non-hydrogen) atoms. The molecule has 1 amide bonds. The Bertz CT molecular complexity index is 851. The summed E-state index contributed by atoms with van der Waals surface area (Å²) in [5.74, 6) is -0.295. The van der Waals surface area contributed by atoms with Gasteiger partial charge in [0.05, 0.1) is 22.9 Å². The number of pyridine rings is 1. The number of nitriles is 1. The van der Waals surface area contributed by atoms with Crippen LogP contribution in [0, 0.1) is 11.3 Å². The van der Waals surface area contributed by atoms with E-state index in [-0.39, 0.29) is 5.91 Å². The Kier molecular flexibility index (Phi) is 4.04. The molecule has 2 heterocycles.